The lowest BCUT2D eigenvalue weighted by molar-refractivity contribution is 0.291. The fraction of sp³-hybridized carbons (Fsp3) is 0. The maximum Gasteiger partial charge on any atom is 0.294 e. The topological polar surface area (TPSA) is 71.9 Å². The lowest BCUT2D eigenvalue weighted by atomic mass is 10.9. The highest BCUT2D eigenvalue weighted by atomic mass is 16.6. The van der Waals surface area contributed by atoms with Crippen LogP contribution >= 0.6 is 0 Å². The van der Waals surface area contributed by atoms with Gasteiger partial charge < -0.3 is 4.74 Å². The van der Waals surface area contributed by atoms with Gasteiger partial charge in [0, 0.05) is 0 Å². The Kier molecular flexibility index (Phi) is 1.11. The Labute approximate surface area is 44.4 Å². The van der Waals surface area contributed by atoms with Crippen LogP contribution in [0.25, 0.3) is 0 Å². The minimum atomic E-state index is 0.0764. The van der Waals surface area contributed by atoms with E-state index < -0.39 is 0 Å². The Morgan fingerprint density at radius 1 is 1.88 bits per heavy atom. The highest BCUT2D eigenvalue weighted by molar-refractivity contribution is 4.98. The molecule has 0 saturated carbocycles. The monoisotopic (exact) mass is 111 g/mol. The second kappa shape index (κ2) is 1.93. The summed E-state index contributed by atoms with van der Waals surface area (Å²) in [6, 6.07) is 0. The smallest absolute Gasteiger partial charge is 0.294 e. The fourth-order valence-corrected chi connectivity index (χ4v) is 0.248. The summed E-state index contributed by atoms with van der Waals surface area (Å²) in [5.74, 6) is 0.0764. The van der Waals surface area contributed by atoms with E-state index in [1.807, 2.05) is 0 Å². The Morgan fingerprint density at radius 3 is 3.25 bits per heavy atom. The molecule has 0 aliphatic rings. The van der Waals surface area contributed by atoms with Crippen molar-refractivity contribution in [3.8, 4) is 12.1 Å². The van der Waals surface area contributed by atoms with E-state index in [2.05, 4.69) is 19.7 Å². The van der Waals surface area contributed by atoms with Crippen LogP contribution in [0, 0.1) is 11.5 Å². The number of nitriles is 1. The van der Waals surface area contributed by atoms with Crippen LogP contribution in [0.3, 0.4) is 0 Å². The number of ether oxygens (including phenoxy) is 1. The molecule has 0 amide bonds. The summed E-state index contributed by atoms with van der Waals surface area (Å²) < 4.78 is 8.27. The van der Waals surface area contributed by atoms with Crippen molar-refractivity contribution in [3.63, 3.8) is 0 Å². The minimum Gasteiger partial charge on any atom is -0.362 e. The molecule has 0 aliphatic carbocycles. The van der Waals surface area contributed by atoms with Gasteiger partial charge in [-0.05, 0) is 5.16 Å². The van der Waals surface area contributed by atoms with E-state index in [-0.39, 0.29) is 5.88 Å². The van der Waals surface area contributed by atoms with Gasteiger partial charge in [0.15, 0.2) is 0 Å². The molecule has 5 nitrogen and oxygen atoms in total. The number of hydrogen-bond donors (Lipinski definition) is 0. The molecule has 8 heavy (non-hydrogen) atoms. The van der Waals surface area contributed by atoms with Crippen LogP contribution < -0.4 is 4.74 Å². The van der Waals surface area contributed by atoms with Gasteiger partial charge in [-0.25, -0.2) is 4.63 Å². The van der Waals surface area contributed by atoms with Gasteiger partial charge in [-0.15, -0.1) is 5.26 Å². The molecule has 5 heteroatoms. The molecule has 1 heterocycles. The third-order valence-corrected chi connectivity index (χ3v) is 0.491. The molecule has 0 spiro atoms. The van der Waals surface area contributed by atoms with Crippen LogP contribution in [0.15, 0.2) is 10.8 Å². The first-order valence-electron chi connectivity index (χ1n) is 1.77. The summed E-state index contributed by atoms with van der Waals surface area (Å²) >= 11 is 0. The molecule has 40 valence electrons. The summed E-state index contributed by atoms with van der Waals surface area (Å²) in [7, 11) is 0. The first kappa shape index (κ1) is 4.59. The van der Waals surface area contributed by atoms with Crippen molar-refractivity contribution in [1.29, 1.82) is 5.26 Å². The SMILES string of the molecule is N#COc1cnon1. The molecule has 0 N–H and O–H groups in total. The zero-order valence-corrected chi connectivity index (χ0v) is 3.74. The van der Waals surface area contributed by atoms with Crippen molar-refractivity contribution >= 4 is 0 Å². The second-order valence-corrected chi connectivity index (χ2v) is 0.939. The normalized spacial score (nSPS) is 7.88. The van der Waals surface area contributed by atoms with E-state index in [0.29, 0.717) is 0 Å². The molecule has 0 fully saturated rings. The number of aromatic nitrogens is 2. The lowest BCUT2D eigenvalue weighted by Crippen LogP contribution is -1.78. The van der Waals surface area contributed by atoms with Crippen LogP contribution in [0.1, 0.15) is 0 Å². The standard InChI is InChI=1S/C3HN3O2/c4-2-7-3-1-5-8-6-3/h1H. The quantitative estimate of drug-likeness (QED) is 0.474. The second-order valence-electron chi connectivity index (χ2n) is 0.939. The molecule has 0 unspecified atom stereocenters. The summed E-state index contributed by atoms with van der Waals surface area (Å²) in [6.45, 7) is 0. The molecule has 0 saturated heterocycles. The van der Waals surface area contributed by atoms with Crippen molar-refractivity contribution in [2.45, 2.75) is 0 Å². The first-order chi connectivity index (χ1) is 3.93. The van der Waals surface area contributed by atoms with E-state index in [1.54, 1.807) is 0 Å². The summed E-state index contributed by atoms with van der Waals surface area (Å²) in [6.07, 6.45) is 2.61. The molecular weight excluding hydrogens is 110 g/mol. The average molecular weight is 111 g/mol. The largest absolute Gasteiger partial charge is 0.362 e. The molecular formula is C3HN3O2. The summed E-state index contributed by atoms with van der Waals surface area (Å²) in [5.41, 5.74) is 0. The van der Waals surface area contributed by atoms with E-state index in [0.717, 1.165) is 0 Å². The maximum atomic E-state index is 7.86. The van der Waals surface area contributed by atoms with Crippen molar-refractivity contribution in [1.82, 2.24) is 10.3 Å². The van der Waals surface area contributed by atoms with Gasteiger partial charge >= 0.3 is 0 Å². The Balaban J connectivity index is 2.67. The molecule has 1 rings (SSSR count). The minimum absolute atomic E-state index is 0.0764. The van der Waals surface area contributed by atoms with Gasteiger partial charge in [0.05, 0.1) is 0 Å². The van der Waals surface area contributed by atoms with E-state index in [9.17, 15) is 0 Å². The van der Waals surface area contributed by atoms with E-state index in [4.69, 9.17) is 5.26 Å². The third-order valence-electron chi connectivity index (χ3n) is 0.491. The predicted molar refractivity (Wildman–Crippen MR) is 20.5 cm³/mol. The van der Waals surface area contributed by atoms with Crippen LogP contribution in [-0.2, 0) is 0 Å². The van der Waals surface area contributed by atoms with E-state index in [1.165, 1.54) is 12.5 Å². The molecule has 0 aliphatic heterocycles. The lowest BCUT2D eigenvalue weighted by Gasteiger charge is -1.75. The number of rotatable bonds is 1. The van der Waals surface area contributed by atoms with Crippen molar-refractivity contribution in [2.75, 3.05) is 0 Å². The Hall–Kier alpha value is -1.57. The van der Waals surface area contributed by atoms with Gasteiger partial charge in [0.1, 0.15) is 6.20 Å². The number of nitrogens with zero attached hydrogens (tertiary/aromatic N) is 3. The first-order valence-corrected chi connectivity index (χ1v) is 1.77. The van der Waals surface area contributed by atoms with Crippen molar-refractivity contribution in [3.05, 3.63) is 6.20 Å². The van der Waals surface area contributed by atoms with Gasteiger partial charge in [-0.1, -0.05) is 5.16 Å². The molecule has 0 radical (unpaired) electrons. The fourth-order valence-electron chi connectivity index (χ4n) is 0.248. The average Bonchev–Trinajstić information content (AvgIpc) is 2.19. The summed E-state index contributed by atoms with van der Waals surface area (Å²) in [5, 5.41) is 14.2. The van der Waals surface area contributed by atoms with Gasteiger partial charge in [-0.2, -0.15) is 0 Å². The molecule has 0 bridgehead atoms. The van der Waals surface area contributed by atoms with Gasteiger partial charge in [-0.3, -0.25) is 0 Å². The van der Waals surface area contributed by atoms with Crippen LogP contribution in [0.2, 0.25) is 0 Å². The van der Waals surface area contributed by atoms with Crippen molar-refractivity contribution < 1.29 is 9.37 Å². The highest BCUT2D eigenvalue weighted by Gasteiger charge is 1.93. The van der Waals surface area contributed by atoms with Crippen LogP contribution in [-0.4, -0.2) is 10.3 Å². The Bertz CT molecular complexity index is 187. The van der Waals surface area contributed by atoms with E-state index >= 15 is 0 Å². The Morgan fingerprint density at radius 2 is 2.75 bits per heavy atom. The maximum absolute atomic E-state index is 7.86. The highest BCUT2D eigenvalue weighted by Crippen LogP contribution is 1.98. The number of hydrogen-bond acceptors (Lipinski definition) is 5. The zero-order chi connectivity index (χ0) is 5.82. The molecule has 0 aromatic carbocycles. The van der Waals surface area contributed by atoms with Crippen LogP contribution in [0.5, 0.6) is 5.88 Å². The van der Waals surface area contributed by atoms with Gasteiger partial charge in [0.25, 0.3) is 12.1 Å². The van der Waals surface area contributed by atoms with Crippen molar-refractivity contribution in [2.24, 2.45) is 0 Å². The molecule has 0 atom stereocenters. The van der Waals surface area contributed by atoms with Gasteiger partial charge in [0.2, 0.25) is 0 Å². The molecule has 1 aromatic heterocycles. The zero-order valence-electron chi connectivity index (χ0n) is 3.74. The molecule has 1 aromatic rings. The third kappa shape index (κ3) is 0.733. The predicted octanol–water partition coefficient (Wildman–Crippen LogP) is -0.0705. The van der Waals surface area contributed by atoms with Crippen LogP contribution in [0.4, 0.5) is 0 Å². The summed E-state index contributed by atoms with van der Waals surface area (Å²) in [4.78, 5) is 0.